The molecule has 2 aromatic carbocycles. The number of halogens is 1. The van der Waals surface area contributed by atoms with Crippen LogP contribution in [0.15, 0.2) is 42.5 Å². The maximum atomic E-state index is 12.9. The summed E-state index contributed by atoms with van der Waals surface area (Å²) in [4.78, 5) is 26.8. The molecule has 1 aliphatic heterocycles. The van der Waals surface area contributed by atoms with Crippen LogP contribution in [0, 0.1) is 5.92 Å². The first-order valence-electron chi connectivity index (χ1n) is 9.78. The molecule has 2 aliphatic rings. The van der Waals surface area contributed by atoms with Crippen molar-refractivity contribution in [2.45, 2.75) is 31.6 Å². The second-order valence-corrected chi connectivity index (χ2v) is 8.01. The zero-order valence-corrected chi connectivity index (χ0v) is 16.4. The molecule has 0 radical (unpaired) electrons. The zero-order valence-electron chi connectivity index (χ0n) is 15.7. The molecule has 3 N–H and O–H groups in total. The van der Waals surface area contributed by atoms with Gasteiger partial charge in [-0.05, 0) is 61.4 Å². The van der Waals surface area contributed by atoms with Crippen LogP contribution >= 0.6 is 11.6 Å². The Balaban J connectivity index is 1.54. The summed E-state index contributed by atoms with van der Waals surface area (Å²) >= 11 is 6.28. The lowest BCUT2D eigenvalue weighted by atomic mass is 10.1. The van der Waals surface area contributed by atoms with Crippen LogP contribution in [0.2, 0.25) is 5.02 Å². The van der Waals surface area contributed by atoms with E-state index in [1.807, 2.05) is 30.3 Å². The van der Waals surface area contributed by atoms with Crippen molar-refractivity contribution in [3.63, 3.8) is 0 Å². The quantitative estimate of drug-likeness (QED) is 0.794. The average Bonchev–Trinajstić information content (AvgIpc) is 3.50. The molecule has 2 aromatic rings. The Morgan fingerprint density at radius 2 is 1.82 bits per heavy atom. The maximum Gasteiger partial charge on any atom is 0.248 e. The number of primary amides is 1. The van der Waals surface area contributed by atoms with Gasteiger partial charge in [-0.1, -0.05) is 29.8 Å². The topological polar surface area (TPSA) is 75.4 Å². The summed E-state index contributed by atoms with van der Waals surface area (Å²) in [6, 6.07) is 13.0. The van der Waals surface area contributed by atoms with Crippen LogP contribution in [0.5, 0.6) is 0 Å². The molecule has 1 heterocycles. The fourth-order valence-electron chi connectivity index (χ4n) is 4.03. The summed E-state index contributed by atoms with van der Waals surface area (Å²) in [6.45, 7) is 1.90. The van der Waals surface area contributed by atoms with Crippen molar-refractivity contribution < 1.29 is 9.59 Å². The van der Waals surface area contributed by atoms with Crippen molar-refractivity contribution in [3.05, 3.63) is 58.6 Å². The Kier molecular flexibility index (Phi) is 5.27. The maximum absolute atomic E-state index is 12.9. The van der Waals surface area contributed by atoms with Crippen molar-refractivity contribution >= 4 is 34.8 Å². The number of benzene rings is 2. The van der Waals surface area contributed by atoms with Gasteiger partial charge < -0.3 is 16.0 Å². The van der Waals surface area contributed by atoms with Gasteiger partial charge in [0.05, 0.1) is 11.4 Å². The molecule has 1 saturated heterocycles. The number of nitrogens with zero attached hydrogens (tertiary/aromatic N) is 1. The van der Waals surface area contributed by atoms with E-state index < -0.39 is 5.91 Å². The van der Waals surface area contributed by atoms with E-state index in [1.165, 1.54) is 6.42 Å². The van der Waals surface area contributed by atoms with Crippen molar-refractivity contribution in [3.8, 4) is 0 Å². The Bertz CT molecular complexity index is 908. The van der Waals surface area contributed by atoms with E-state index in [0.717, 1.165) is 43.6 Å². The predicted octanol–water partition coefficient (Wildman–Crippen LogP) is 4.17. The van der Waals surface area contributed by atoms with Crippen molar-refractivity contribution in [1.29, 1.82) is 0 Å². The predicted molar refractivity (Wildman–Crippen MR) is 112 cm³/mol. The van der Waals surface area contributed by atoms with Gasteiger partial charge in [-0.15, -0.1) is 0 Å². The van der Waals surface area contributed by atoms with Gasteiger partial charge in [-0.2, -0.15) is 0 Å². The van der Waals surface area contributed by atoms with Gasteiger partial charge in [0.1, 0.15) is 0 Å². The molecule has 2 amide bonds. The number of carbonyl (C=O) groups is 2. The molecule has 146 valence electrons. The largest absolute Gasteiger partial charge is 0.370 e. The Morgan fingerprint density at radius 1 is 1.07 bits per heavy atom. The highest BCUT2D eigenvalue weighted by Crippen LogP contribution is 2.50. The number of rotatable bonds is 5. The van der Waals surface area contributed by atoms with Crippen LogP contribution in [-0.2, 0) is 4.79 Å². The molecule has 2 atom stereocenters. The lowest BCUT2D eigenvalue weighted by Crippen LogP contribution is -2.30. The Morgan fingerprint density at radius 3 is 2.54 bits per heavy atom. The summed E-state index contributed by atoms with van der Waals surface area (Å²) in [5.74, 6) is -0.497. The van der Waals surface area contributed by atoms with E-state index in [9.17, 15) is 9.59 Å². The van der Waals surface area contributed by atoms with Crippen molar-refractivity contribution in [1.82, 2.24) is 0 Å². The summed E-state index contributed by atoms with van der Waals surface area (Å²) in [5.41, 5.74) is 8.48. The first-order valence-corrected chi connectivity index (χ1v) is 10.2. The minimum atomic E-state index is -0.499. The van der Waals surface area contributed by atoms with Gasteiger partial charge in [0.25, 0.3) is 0 Å². The number of hydrogen-bond donors (Lipinski definition) is 2. The number of anilines is 2. The molecule has 2 unspecified atom stereocenters. The van der Waals surface area contributed by atoms with Crippen LogP contribution in [0.25, 0.3) is 0 Å². The lowest BCUT2D eigenvalue weighted by Gasteiger charge is -2.30. The zero-order chi connectivity index (χ0) is 19.7. The van der Waals surface area contributed by atoms with E-state index in [0.29, 0.717) is 16.3 Å². The molecule has 0 spiro atoms. The minimum absolute atomic E-state index is 0.0372. The molecular weight excluding hydrogens is 374 g/mol. The molecule has 5 nitrogen and oxygen atoms in total. The second-order valence-electron chi connectivity index (χ2n) is 7.60. The van der Waals surface area contributed by atoms with Gasteiger partial charge in [0.15, 0.2) is 0 Å². The number of piperidine rings is 1. The highest BCUT2D eigenvalue weighted by molar-refractivity contribution is 6.31. The van der Waals surface area contributed by atoms with Crippen LogP contribution < -0.4 is 16.0 Å². The number of nitrogens with one attached hydrogen (secondary N) is 1. The molecule has 1 saturated carbocycles. The monoisotopic (exact) mass is 397 g/mol. The molecule has 28 heavy (non-hydrogen) atoms. The minimum Gasteiger partial charge on any atom is -0.370 e. The van der Waals surface area contributed by atoms with Crippen molar-refractivity contribution in [2.75, 3.05) is 23.3 Å². The van der Waals surface area contributed by atoms with E-state index in [2.05, 4.69) is 10.2 Å². The van der Waals surface area contributed by atoms with E-state index in [4.69, 9.17) is 17.3 Å². The summed E-state index contributed by atoms with van der Waals surface area (Å²) in [7, 11) is 0. The lowest BCUT2D eigenvalue weighted by molar-refractivity contribution is -0.117. The highest BCUT2D eigenvalue weighted by Gasteiger charge is 2.45. The molecule has 4 rings (SSSR count). The number of nitrogens with two attached hydrogens (primary N) is 1. The molecule has 6 heteroatoms. The SMILES string of the molecule is NC(=O)c1ccc(N2CCCCC2)c(NC(=O)C2CC2c2ccccc2Cl)c1. The van der Waals surface area contributed by atoms with Crippen LogP contribution in [0.4, 0.5) is 11.4 Å². The molecule has 1 aliphatic carbocycles. The van der Waals surface area contributed by atoms with E-state index in [-0.39, 0.29) is 17.7 Å². The standard InChI is InChI=1S/C22H24ClN3O2/c23-18-7-3-2-6-15(18)16-13-17(16)22(28)25-19-12-14(21(24)27)8-9-20(19)26-10-4-1-5-11-26/h2-3,6-9,12,16-17H,1,4-5,10-11,13H2,(H2,24,27)(H,25,28). The summed E-state index contributed by atoms with van der Waals surface area (Å²) in [6.07, 6.45) is 4.26. The van der Waals surface area contributed by atoms with Gasteiger partial charge >= 0.3 is 0 Å². The third kappa shape index (κ3) is 3.85. The molecule has 0 aromatic heterocycles. The van der Waals surface area contributed by atoms with Gasteiger partial charge in [-0.3, -0.25) is 9.59 Å². The van der Waals surface area contributed by atoms with Gasteiger partial charge in [0, 0.05) is 29.6 Å². The number of hydrogen-bond acceptors (Lipinski definition) is 3. The fraction of sp³-hybridized carbons (Fsp3) is 0.364. The first-order chi connectivity index (χ1) is 13.5. The Hall–Kier alpha value is -2.53. The van der Waals surface area contributed by atoms with Gasteiger partial charge in [-0.25, -0.2) is 0 Å². The third-order valence-electron chi connectivity index (χ3n) is 5.67. The average molecular weight is 398 g/mol. The molecule has 2 fully saturated rings. The normalized spacial score (nSPS) is 21.2. The summed E-state index contributed by atoms with van der Waals surface area (Å²) < 4.78 is 0. The van der Waals surface area contributed by atoms with Crippen LogP contribution in [0.1, 0.15) is 47.5 Å². The fourth-order valence-corrected chi connectivity index (χ4v) is 4.31. The molecule has 0 bridgehead atoms. The van der Waals surface area contributed by atoms with Crippen LogP contribution in [0.3, 0.4) is 0 Å². The number of amides is 2. The second kappa shape index (κ2) is 7.84. The van der Waals surface area contributed by atoms with Crippen molar-refractivity contribution in [2.24, 2.45) is 11.7 Å². The highest BCUT2D eigenvalue weighted by atomic mass is 35.5. The van der Waals surface area contributed by atoms with E-state index >= 15 is 0 Å². The smallest absolute Gasteiger partial charge is 0.248 e. The Labute approximate surface area is 169 Å². The number of carbonyl (C=O) groups excluding carboxylic acids is 2. The van der Waals surface area contributed by atoms with Crippen LogP contribution in [-0.4, -0.2) is 24.9 Å². The van der Waals surface area contributed by atoms with E-state index in [1.54, 1.807) is 12.1 Å². The summed E-state index contributed by atoms with van der Waals surface area (Å²) in [5, 5.41) is 3.75. The van der Waals surface area contributed by atoms with Gasteiger partial charge in [0.2, 0.25) is 11.8 Å². The molecular formula is C22H24ClN3O2. The third-order valence-corrected chi connectivity index (χ3v) is 6.01. The first kappa shape index (κ1) is 18.8.